The monoisotopic (exact) mass is 510 g/mol. The Morgan fingerprint density at radius 2 is 1.65 bits per heavy atom. The van der Waals surface area contributed by atoms with Crippen LogP contribution in [-0.4, -0.2) is 73.6 Å². The van der Waals surface area contributed by atoms with Crippen molar-refractivity contribution >= 4 is 17.4 Å². The molecule has 1 N–H and O–H groups in total. The van der Waals surface area contributed by atoms with Gasteiger partial charge in [0.25, 0.3) is 11.7 Å². The zero-order chi connectivity index (χ0) is 26.9. The van der Waals surface area contributed by atoms with Gasteiger partial charge in [-0.3, -0.25) is 9.59 Å². The number of aliphatic hydroxyl groups excluding tert-OH is 1. The van der Waals surface area contributed by atoms with Crippen molar-refractivity contribution in [2.75, 3.05) is 47.0 Å². The fraction of sp³-hybridized carbons (Fsp3) is 0.448. The standard InChI is InChI=1S/C29H38N2O6/c1-6-18-37-23-15-12-21(19-24(23)36-8-3)26-25(27(32)20-10-13-22(14-11-20)35-7-2)28(33)29(34)31(26)17-9-16-30(4)5/h10-15,19,26,32H,6-9,16-18H2,1-5H3. The summed E-state index contributed by atoms with van der Waals surface area (Å²) in [4.78, 5) is 30.1. The van der Waals surface area contributed by atoms with Crippen molar-refractivity contribution in [2.45, 2.75) is 39.7 Å². The van der Waals surface area contributed by atoms with Gasteiger partial charge < -0.3 is 29.1 Å². The van der Waals surface area contributed by atoms with Gasteiger partial charge in [-0.15, -0.1) is 0 Å². The fourth-order valence-corrected chi connectivity index (χ4v) is 4.34. The molecule has 0 bridgehead atoms. The maximum atomic E-state index is 13.3. The van der Waals surface area contributed by atoms with E-state index in [1.807, 2.05) is 45.8 Å². The van der Waals surface area contributed by atoms with Crippen molar-refractivity contribution in [3.8, 4) is 17.2 Å². The molecular formula is C29H38N2O6. The molecule has 2 aromatic rings. The number of carbonyl (C=O) groups is 2. The average Bonchev–Trinajstić information content (AvgIpc) is 3.13. The minimum atomic E-state index is -0.756. The van der Waals surface area contributed by atoms with Gasteiger partial charge >= 0.3 is 0 Å². The van der Waals surface area contributed by atoms with Gasteiger partial charge in [-0.2, -0.15) is 0 Å². The molecule has 3 rings (SSSR count). The van der Waals surface area contributed by atoms with E-state index in [9.17, 15) is 14.7 Å². The van der Waals surface area contributed by atoms with Crippen LogP contribution in [0.1, 0.15) is 50.8 Å². The van der Waals surface area contributed by atoms with Gasteiger partial charge in [-0.05, 0) is 89.3 Å². The van der Waals surface area contributed by atoms with Gasteiger partial charge in [0.2, 0.25) is 0 Å². The number of ketones is 1. The Labute approximate surface area is 219 Å². The van der Waals surface area contributed by atoms with E-state index in [-0.39, 0.29) is 11.3 Å². The maximum Gasteiger partial charge on any atom is 0.295 e. The highest BCUT2D eigenvalue weighted by Crippen LogP contribution is 2.42. The zero-order valence-corrected chi connectivity index (χ0v) is 22.5. The van der Waals surface area contributed by atoms with Crippen molar-refractivity contribution < 1.29 is 28.9 Å². The molecule has 1 atom stereocenters. The Bertz CT molecular complexity index is 1110. The normalized spacial score (nSPS) is 16.9. The minimum absolute atomic E-state index is 0.0590. The van der Waals surface area contributed by atoms with Crippen molar-refractivity contribution in [1.29, 1.82) is 0 Å². The van der Waals surface area contributed by atoms with Gasteiger partial charge in [0.05, 0.1) is 31.4 Å². The molecule has 1 amide bonds. The van der Waals surface area contributed by atoms with Crippen LogP contribution in [0.3, 0.4) is 0 Å². The first-order chi connectivity index (χ1) is 17.8. The van der Waals surface area contributed by atoms with E-state index in [0.717, 1.165) is 13.0 Å². The molecule has 0 radical (unpaired) electrons. The number of Topliss-reactive ketones (excluding diaryl/α,β-unsaturated/α-hetero) is 1. The number of rotatable bonds is 13. The molecule has 2 aromatic carbocycles. The van der Waals surface area contributed by atoms with E-state index >= 15 is 0 Å². The second kappa shape index (κ2) is 13.1. The van der Waals surface area contributed by atoms with Crippen LogP contribution in [0.2, 0.25) is 0 Å². The summed E-state index contributed by atoms with van der Waals surface area (Å²) in [6.07, 6.45) is 1.52. The molecule has 0 saturated carbocycles. The van der Waals surface area contributed by atoms with Crippen LogP contribution in [0, 0.1) is 0 Å². The van der Waals surface area contributed by atoms with Crippen molar-refractivity contribution in [3.05, 3.63) is 59.2 Å². The fourth-order valence-electron chi connectivity index (χ4n) is 4.34. The molecule has 1 fully saturated rings. The number of likely N-dealkylation sites (tertiary alicyclic amines) is 1. The van der Waals surface area contributed by atoms with Crippen LogP contribution in [0.4, 0.5) is 0 Å². The summed E-state index contributed by atoms with van der Waals surface area (Å²) in [6, 6.07) is 11.5. The third-order valence-corrected chi connectivity index (χ3v) is 6.03. The summed E-state index contributed by atoms with van der Waals surface area (Å²) in [5.74, 6) is 0.248. The first kappa shape index (κ1) is 28.1. The van der Waals surface area contributed by atoms with Gasteiger partial charge in [0, 0.05) is 12.1 Å². The lowest BCUT2D eigenvalue weighted by molar-refractivity contribution is -0.139. The van der Waals surface area contributed by atoms with Crippen LogP contribution < -0.4 is 14.2 Å². The lowest BCUT2D eigenvalue weighted by Crippen LogP contribution is -2.32. The van der Waals surface area contributed by atoms with Crippen LogP contribution >= 0.6 is 0 Å². The van der Waals surface area contributed by atoms with Crippen molar-refractivity contribution in [3.63, 3.8) is 0 Å². The molecule has 1 aliphatic rings. The lowest BCUT2D eigenvalue weighted by Gasteiger charge is -2.26. The lowest BCUT2D eigenvalue weighted by atomic mass is 9.95. The molecule has 1 heterocycles. The summed E-state index contributed by atoms with van der Waals surface area (Å²) >= 11 is 0. The van der Waals surface area contributed by atoms with Crippen LogP contribution in [0.15, 0.2) is 48.0 Å². The second-order valence-corrected chi connectivity index (χ2v) is 9.09. The van der Waals surface area contributed by atoms with E-state index in [4.69, 9.17) is 14.2 Å². The largest absolute Gasteiger partial charge is 0.507 e. The molecule has 1 unspecified atom stereocenters. The number of amides is 1. The SMILES string of the molecule is CCCOc1ccc(C2C(=C(O)c3ccc(OCC)cc3)C(=O)C(=O)N2CCCN(C)C)cc1OCC. The van der Waals surface area contributed by atoms with Crippen LogP contribution in [0.25, 0.3) is 5.76 Å². The minimum Gasteiger partial charge on any atom is -0.507 e. The predicted octanol–water partition coefficient (Wildman–Crippen LogP) is 4.65. The summed E-state index contributed by atoms with van der Waals surface area (Å²) < 4.78 is 17.2. The van der Waals surface area contributed by atoms with Gasteiger partial charge in [-0.1, -0.05) is 13.0 Å². The molecule has 0 aliphatic carbocycles. The van der Waals surface area contributed by atoms with Crippen molar-refractivity contribution in [2.24, 2.45) is 0 Å². The molecule has 0 aromatic heterocycles. The number of hydrogen-bond acceptors (Lipinski definition) is 7. The molecule has 200 valence electrons. The molecule has 37 heavy (non-hydrogen) atoms. The van der Waals surface area contributed by atoms with Crippen LogP contribution in [-0.2, 0) is 9.59 Å². The number of ether oxygens (including phenoxy) is 3. The van der Waals surface area contributed by atoms with Gasteiger partial charge in [0.15, 0.2) is 11.5 Å². The number of benzene rings is 2. The smallest absolute Gasteiger partial charge is 0.295 e. The van der Waals surface area contributed by atoms with Gasteiger partial charge in [0.1, 0.15) is 11.5 Å². The topological polar surface area (TPSA) is 88.5 Å². The van der Waals surface area contributed by atoms with E-state index in [2.05, 4.69) is 0 Å². The van der Waals surface area contributed by atoms with Crippen LogP contribution in [0.5, 0.6) is 17.2 Å². The van der Waals surface area contributed by atoms with E-state index in [0.29, 0.717) is 61.2 Å². The van der Waals surface area contributed by atoms with Gasteiger partial charge in [-0.25, -0.2) is 0 Å². The van der Waals surface area contributed by atoms with E-state index < -0.39 is 17.7 Å². The number of nitrogens with zero attached hydrogens (tertiary/aromatic N) is 2. The Kier molecular flexibility index (Phi) is 9.97. The molecule has 0 spiro atoms. The van der Waals surface area contributed by atoms with E-state index in [1.54, 1.807) is 41.3 Å². The highest BCUT2D eigenvalue weighted by Gasteiger charge is 2.46. The first-order valence-corrected chi connectivity index (χ1v) is 12.9. The average molecular weight is 511 g/mol. The molecule has 1 saturated heterocycles. The first-order valence-electron chi connectivity index (χ1n) is 12.9. The molecule has 8 heteroatoms. The highest BCUT2D eigenvalue weighted by atomic mass is 16.5. The third-order valence-electron chi connectivity index (χ3n) is 6.03. The number of carbonyl (C=O) groups excluding carboxylic acids is 2. The molecule has 1 aliphatic heterocycles. The second-order valence-electron chi connectivity index (χ2n) is 9.09. The summed E-state index contributed by atoms with van der Waals surface area (Å²) in [7, 11) is 3.92. The molecule has 8 nitrogen and oxygen atoms in total. The highest BCUT2D eigenvalue weighted by molar-refractivity contribution is 6.46. The Morgan fingerprint density at radius 3 is 2.27 bits per heavy atom. The predicted molar refractivity (Wildman–Crippen MR) is 143 cm³/mol. The third kappa shape index (κ3) is 6.63. The van der Waals surface area contributed by atoms with E-state index in [1.165, 1.54) is 0 Å². The Hall–Kier alpha value is -3.52. The quantitative estimate of drug-likeness (QED) is 0.238. The zero-order valence-electron chi connectivity index (χ0n) is 22.5. The number of aliphatic hydroxyl groups is 1. The molecular weight excluding hydrogens is 472 g/mol. The Balaban J connectivity index is 2.10. The summed E-state index contributed by atoms with van der Waals surface area (Å²) in [5, 5.41) is 11.3. The summed E-state index contributed by atoms with van der Waals surface area (Å²) in [5.41, 5.74) is 1.17. The Morgan fingerprint density at radius 1 is 0.946 bits per heavy atom. The number of hydrogen-bond donors (Lipinski definition) is 1. The maximum absolute atomic E-state index is 13.3. The summed E-state index contributed by atoms with van der Waals surface area (Å²) in [6.45, 7) is 8.41. The van der Waals surface area contributed by atoms with Crippen molar-refractivity contribution in [1.82, 2.24) is 9.80 Å².